The summed E-state index contributed by atoms with van der Waals surface area (Å²) in [7, 11) is 0. The Balaban J connectivity index is 1.93. The van der Waals surface area contributed by atoms with Gasteiger partial charge < -0.3 is 20.7 Å². The molecule has 1 aromatic heterocycles. The number of fused-ring (bicyclic) bond motifs is 1. The SMILES string of the molecule is Cc1[nH]c2ccccc2c1CCNC(=O)[C@H](CCC(=O)O)NC=O. The Bertz CT molecular complexity index is 739. The van der Waals surface area contributed by atoms with E-state index in [-0.39, 0.29) is 18.7 Å². The van der Waals surface area contributed by atoms with Crippen LogP contribution >= 0.6 is 0 Å². The smallest absolute Gasteiger partial charge is 0.303 e. The fraction of sp³-hybridized carbons (Fsp3) is 0.353. The number of hydrogen-bond donors (Lipinski definition) is 4. The minimum Gasteiger partial charge on any atom is -0.481 e. The summed E-state index contributed by atoms with van der Waals surface area (Å²) >= 11 is 0. The summed E-state index contributed by atoms with van der Waals surface area (Å²) in [5.41, 5.74) is 3.24. The number of carboxylic acid groups (broad SMARTS) is 1. The van der Waals surface area contributed by atoms with Crippen LogP contribution in [-0.4, -0.2) is 41.0 Å². The summed E-state index contributed by atoms with van der Waals surface area (Å²) in [6.45, 7) is 2.40. The molecule has 7 heteroatoms. The van der Waals surface area contributed by atoms with Crippen LogP contribution in [0.1, 0.15) is 24.1 Å². The molecule has 0 spiro atoms. The number of benzene rings is 1. The Labute approximate surface area is 139 Å². The maximum absolute atomic E-state index is 12.1. The largest absolute Gasteiger partial charge is 0.481 e. The van der Waals surface area contributed by atoms with Crippen molar-refractivity contribution >= 4 is 29.2 Å². The molecule has 1 aromatic carbocycles. The van der Waals surface area contributed by atoms with Crippen LogP contribution in [0, 0.1) is 6.92 Å². The van der Waals surface area contributed by atoms with Crippen LogP contribution < -0.4 is 10.6 Å². The average molecular weight is 331 g/mol. The van der Waals surface area contributed by atoms with Crippen molar-refractivity contribution in [2.24, 2.45) is 0 Å². The number of aromatic nitrogens is 1. The van der Waals surface area contributed by atoms with Crippen molar-refractivity contribution in [1.29, 1.82) is 0 Å². The number of carbonyl (C=O) groups excluding carboxylic acids is 2. The zero-order chi connectivity index (χ0) is 17.5. The van der Waals surface area contributed by atoms with Crippen molar-refractivity contribution < 1.29 is 19.5 Å². The number of H-pyrrole nitrogens is 1. The molecule has 1 heterocycles. The van der Waals surface area contributed by atoms with Crippen molar-refractivity contribution in [2.75, 3.05) is 6.54 Å². The van der Waals surface area contributed by atoms with E-state index < -0.39 is 12.0 Å². The second-order valence-corrected chi connectivity index (χ2v) is 5.58. The van der Waals surface area contributed by atoms with Crippen LogP contribution in [0.3, 0.4) is 0 Å². The van der Waals surface area contributed by atoms with Crippen LogP contribution in [0.2, 0.25) is 0 Å². The number of hydrogen-bond acceptors (Lipinski definition) is 3. The Kier molecular flexibility index (Phi) is 5.95. The fourth-order valence-corrected chi connectivity index (χ4v) is 2.73. The average Bonchev–Trinajstić information content (AvgIpc) is 2.87. The van der Waals surface area contributed by atoms with Gasteiger partial charge in [0.25, 0.3) is 0 Å². The lowest BCUT2D eigenvalue weighted by Gasteiger charge is -2.15. The first kappa shape index (κ1) is 17.5. The second-order valence-electron chi connectivity index (χ2n) is 5.58. The number of rotatable bonds is 9. The minimum absolute atomic E-state index is 0.0615. The molecule has 0 saturated carbocycles. The molecule has 0 unspecified atom stereocenters. The van der Waals surface area contributed by atoms with Gasteiger partial charge in [-0.3, -0.25) is 14.4 Å². The van der Waals surface area contributed by atoms with Crippen molar-refractivity contribution in [1.82, 2.24) is 15.6 Å². The van der Waals surface area contributed by atoms with E-state index >= 15 is 0 Å². The molecule has 0 aliphatic carbocycles. The summed E-state index contributed by atoms with van der Waals surface area (Å²) < 4.78 is 0. The molecule has 2 rings (SSSR count). The summed E-state index contributed by atoms with van der Waals surface area (Å²) in [5.74, 6) is -1.38. The maximum atomic E-state index is 12.1. The van der Waals surface area contributed by atoms with E-state index in [9.17, 15) is 14.4 Å². The predicted molar refractivity (Wildman–Crippen MR) is 89.6 cm³/mol. The highest BCUT2D eigenvalue weighted by Crippen LogP contribution is 2.21. The number of carboxylic acids is 1. The Morgan fingerprint density at radius 2 is 2.08 bits per heavy atom. The molecule has 0 bridgehead atoms. The topological polar surface area (TPSA) is 111 Å². The van der Waals surface area contributed by atoms with E-state index in [1.807, 2.05) is 31.2 Å². The number of aromatic amines is 1. The number of aliphatic carboxylic acids is 1. The summed E-state index contributed by atoms with van der Waals surface area (Å²) in [5, 5.41) is 14.9. The first-order valence-electron chi connectivity index (χ1n) is 7.78. The van der Waals surface area contributed by atoms with Crippen LogP contribution in [0.25, 0.3) is 10.9 Å². The van der Waals surface area contributed by atoms with Crippen molar-refractivity contribution in [2.45, 2.75) is 32.2 Å². The lowest BCUT2D eigenvalue weighted by Crippen LogP contribution is -2.44. The zero-order valence-electron chi connectivity index (χ0n) is 13.5. The van der Waals surface area contributed by atoms with Crippen LogP contribution in [0.5, 0.6) is 0 Å². The molecule has 2 amide bonds. The molecule has 0 aliphatic heterocycles. The molecule has 24 heavy (non-hydrogen) atoms. The zero-order valence-corrected chi connectivity index (χ0v) is 13.5. The third-order valence-corrected chi connectivity index (χ3v) is 3.93. The van der Waals surface area contributed by atoms with Crippen molar-refractivity contribution in [3.8, 4) is 0 Å². The van der Waals surface area contributed by atoms with Gasteiger partial charge in [-0.2, -0.15) is 0 Å². The lowest BCUT2D eigenvalue weighted by molar-refractivity contribution is -0.137. The Morgan fingerprint density at radius 3 is 2.79 bits per heavy atom. The highest BCUT2D eigenvalue weighted by Gasteiger charge is 2.18. The highest BCUT2D eigenvalue weighted by molar-refractivity contribution is 5.85. The number of nitrogens with one attached hydrogen (secondary N) is 3. The van der Waals surface area contributed by atoms with Gasteiger partial charge in [0.1, 0.15) is 6.04 Å². The van der Waals surface area contributed by atoms with E-state index in [1.165, 1.54) is 0 Å². The van der Waals surface area contributed by atoms with Crippen molar-refractivity contribution in [3.63, 3.8) is 0 Å². The molecule has 1 atom stereocenters. The fourth-order valence-electron chi connectivity index (χ4n) is 2.73. The predicted octanol–water partition coefficient (Wildman–Crippen LogP) is 1.11. The van der Waals surface area contributed by atoms with Gasteiger partial charge in [0.2, 0.25) is 12.3 Å². The van der Waals surface area contributed by atoms with Gasteiger partial charge in [0, 0.05) is 29.6 Å². The molecule has 0 saturated heterocycles. The molecule has 0 fully saturated rings. The van der Waals surface area contributed by atoms with Gasteiger partial charge in [-0.15, -0.1) is 0 Å². The normalized spacial score (nSPS) is 11.9. The molecule has 0 radical (unpaired) electrons. The number of amides is 2. The Hall–Kier alpha value is -2.83. The first-order chi connectivity index (χ1) is 11.5. The Morgan fingerprint density at radius 1 is 1.33 bits per heavy atom. The minimum atomic E-state index is -1.00. The standard InChI is InChI=1S/C17H21N3O4/c1-11-12(13-4-2-3-5-14(13)20-11)8-9-18-17(24)15(19-10-21)6-7-16(22)23/h2-5,10,15,20H,6-9H2,1H3,(H,18,24)(H,19,21)(H,22,23)/t15-/m0/s1. The van der Waals surface area contributed by atoms with Gasteiger partial charge in [-0.25, -0.2) is 0 Å². The van der Waals surface area contributed by atoms with E-state index in [2.05, 4.69) is 15.6 Å². The van der Waals surface area contributed by atoms with E-state index in [4.69, 9.17) is 5.11 Å². The van der Waals surface area contributed by atoms with E-state index in [0.717, 1.165) is 22.2 Å². The molecule has 7 nitrogen and oxygen atoms in total. The first-order valence-corrected chi connectivity index (χ1v) is 7.78. The molecular formula is C17H21N3O4. The summed E-state index contributed by atoms with van der Waals surface area (Å²) in [6, 6.07) is 7.12. The van der Waals surface area contributed by atoms with Gasteiger partial charge in [-0.05, 0) is 31.4 Å². The third kappa shape index (κ3) is 4.34. The van der Waals surface area contributed by atoms with Crippen molar-refractivity contribution in [3.05, 3.63) is 35.5 Å². The highest BCUT2D eigenvalue weighted by atomic mass is 16.4. The summed E-state index contributed by atoms with van der Waals surface area (Å²) in [6.07, 6.45) is 0.941. The van der Waals surface area contributed by atoms with E-state index in [1.54, 1.807) is 0 Å². The quantitative estimate of drug-likeness (QED) is 0.516. The van der Waals surface area contributed by atoms with Crippen LogP contribution in [-0.2, 0) is 20.8 Å². The van der Waals surface area contributed by atoms with Gasteiger partial charge >= 0.3 is 5.97 Å². The summed E-state index contributed by atoms with van der Waals surface area (Å²) in [4.78, 5) is 36.6. The number of para-hydroxylation sites is 1. The maximum Gasteiger partial charge on any atom is 0.303 e. The number of aryl methyl sites for hydroxylation is 1. The monoisotopic (exact) mass is 331 g/mol. The molecular weight excluding hydrogens is 310 g/mol. The van der Waals surface area contributed by atoms with E-state index in [0.29, 0.717) is 19.4 Å². The second kappa shape index (κ2) is 8.14. The molecule has 128 valence electrons. The lowest BCUT2D eigenvalue weighted by atomic mass is 10.1. The van der Waals surface area contributed by atoms with Gasteiger partial charge in [-0.1, -0.05) is 18.2 Å². The molecule has 4 N–H and O–H groups in total. The van der Waals surface area contributed by atoms with Gasteiger partial charge in [0.15, 0.2) is 0 Å². The van der Waals surface area contributed by atoms with Gasteiger partial charge in [0.05, 0.1) is 0 Å². The molecule has 2 aromatic rings. The van der Waals surface area contributed by atoms with Crippen LogP contribution in [0.4, 0.5) is 0 Å². The van der Waals surface area contributed by atoms with Crippen LogP contribution in [0.15, 0.2) is 24.3 Å². The molecule has 0 aliphatic rings. The number of carbonyl (C=O) groups is 3. The third-order valence-electron chi connectivity index (χ3n) is 3.93.